The molecule has 0 unspecified atom stereocenters. The number of anilines is 1. The van der Waals surface area contributed by atoms with Crippen molar-refractivity contribution in [3.05, 3.63) is 24.3 Å². The van der Waals surface area contributed by atoms with E-state index in [0.29, 0.717) is 13.0 Å². The summed E-state index contributed by atoms with van der Waals surface area (Å²) in [6, 6.07) is 5.86. The summed E-state index contributed by atoms with van der Waals surface area (Å²) in [7, 11) is -3.91. The minimum atomic E-state index is -3.91. The summed E-state index contributed by atoms with van der Waals surface area (Å²) >= 11 is 0. The van der Waals surface area contributed by atoms with Crippen molar-refractivity contribution in [1.29, 1.82) is 0 Å². The zero-order valence-corrected chi connectivity index (χ0v) is 11.5. The monoisotopic (exact) mass is 297 g/mol. The van der Waals surface area contributed by atoms with Gasteiger partial charge in [0.1, 0.15) is 4.90 Å². The van der Waals surface area contributed by atoms with Crippen molar-refractivity contribution in [3.8, 4) is 0 Å². The summed E-state index contributed by atoms with van der Waals surface area (Å²) in [5.74, 6) is -0.517. The molecular formula is C12H15N3O4S. The summed E-state index contributed by atoms with van der Waals surface area (Å²) < 4.78 is 22.8. The second-order valence-corrected chi connectivity index (χ2v) is 6.04. The van der Waals surface area contributed by atoms with Gasteiger partial charge in [-0.25, -0.2) is 13.6 Å². The van der Waals surface area contributed by atoms with Crippen molar-refractivity contribution in [1.82, 2.24) is 4.90 Å². The Morgan fingerprint density at radius 1 is 1.35 bits per heavy atom. The zero-order chi connectivity index (χ0) is 14.8. The maximum absolute atomic E-state index is 11.9. The van der Waals surface area contributed by atoms with Crippen LogP contribution in [0.15, 0.2) is 29.2 Å². The van der Waals surface area contributed by atoms with Crippen molar-refractivity contribution < 1.29 is 18.0 Å². The number of sulfonamides is 1. The number of likely N-dealkylation sites (tertiary alicyclic amines) is 1. The van der Waals surface area contributed by atoms with Gasteiger partial charge >= 0.3 is 0 Å². The molecule has 0 atom stereocenters. The molecule has 1 aromatic rings. The van der Waals surface area contributed by atoms with Gasteiger partial charge in [0, 0.05) is 13.0 Å². The second-order valence-electron chi connectivity index (χ2n) is 4.51. The smallest absolute Gasteiger partial charge is 0.244 e. The Morgan fingerprint density at radius 2 is 2.05 bits per heavy atom. The molecule has 1 fully saturated rings. The van der Waals surface area contributed by atoms with E-state index in [0.717, 1.165) is 6.42 Å². The Bertz CT molecular complexity index is 642. The van der Waals surface area contributed by atoms with Gasteiger partial charge in [-0.05, 0) is 18.6 Å². The third-order valence-electron chi connectivity index (χ3n) is 2.97. The summed E-state index contributed by atoms with van der Waals surface area (Å²) in [4.78, 5) is 24.6. The lowest BCUT2D eigenvalue weighted by Crippen LogP contribution is -2.34. The third-order valence-corrected chi connectivity index (χ3v) is 3.94. The van der Waals surface area contributed by atoms with E-state index in [1.807, 2.05) is 0 Å². The standard InChI is InChI=1S/C12H15N3O4S/c13-20(18,19)10-5-2-1-4-9(10)14-11(16)8-15-7-3-6-12(15)17/h1-2,4-5H,3,6-8H2,(H,14,16)(H2,13,18,19). The van der Waals surface area contributed by atoms with E-state index >= 15 is 0 Å². The zero-order valence-electron chi connectivity index (χ0n) is 10.7. The lowest BCUT2D eigenvalue weighted by molar-refractivity contribution is -0.131. The molecule has 20 heavy (non-hydrogen) atoms. The molecule has 0 aliphatic carbocycles. The van der Waals surface area contributed by atoms with Crippen LogP contribution in [0.1, 0.15) is 12.8 Å². The molecule has 1 heterocycles. The molecule has 3 N–H and O–H groups in total. The first kappa shape index (κ1) is 14.5. The van der Waals surface area contributed by atoms with Gasteiger partial charge in [0.05, 0.1) is 12.2 Å². The maximum Gasteiger partial charge on any atom is 0.244 e. The summed E-state index contributed by atoms with van der Waals surface area (Å²) in [6.45, 7) is 0.459. The van der Waals surface area contributed by atoms with Gasteiger partial charge in [-0.15, -0.1) is 0 Å². The van der Waals surface area contributed by atoms with Gasteiger partial charge in [-0.1, -0.05) is 12.1 Å². The Kier molecular flexibility index (Phi) is 4.05. The van der Waals surface area contributed by atoms with Crippen LogP contribution in [-0.2, 0) is 19.6 Å². The molecular weight excluding hydrogens is 282 g/mol. The van der Waals surface area contributed by atoms with E-state index in [2.05, 4.69) is 5.32 Å². The average molecular weight is 297 g/mol. The Balaban J connectivity index is 2.10. The highest BCUT2D eigenvalue weighted by Crippen LogP contribution is 2.19. The molecule has 0 bridgehead atoms. The van der Waals surface area contributed by atoms with E-state index in [9.17, 15) is 18.0 Å². The summed E-state index contributed by atoms with van der Waals surface area (Å²) in [6.07, 6.45) is 1.18. The highest BCUT2D eigenvalue weighted by Gasteiger charge is 2.23. The van der Waals surface area contributed by atoms with E-state index in [-0.39, 0.29) is 23.0 Å². The van der Waals surface area contributed by atoms with E-state index < -0.39 is 15.9 Å². The number of carbonyl (C=O) groups excluding carboxylic acids is 2. The first-order valence-corrected chi connectivity index (χ1v) is 7.62. The summed E-state index contributed by atoms with van der Waals surface area (Å²) in [5, 5.41) is 7.55. The Morgan fingerprint density at radius 3 is 2.65 bits per heavy atom. The number of amides is 2. The van der Waals surface area contributed by atoms with Crippen molar-refractivity contribution in [2.75, 3.05) is 18.4 Å². The minimum Gasteiger partial charge on any atom is -0.333 e. The van der Waals surface area contributed by atoms with Crippen molar-refractivity contribution >= 4 is 27.5 Å². The van der Waals surface area contributed by atoms with Gasteiger partial charge < -0.3 is 10.2 Å². The van der Waals surface area contributed by atoms with Gasteiger partial charge in [-0.2, -0.15) is 0 Å². The molecule has 0 aromatic heterocycles. The van der Waals surface area contributed by atoms with Gasteiger partial charge in [0.15, 0.2) is 0 Å². The molecule has 1 aromatic carbocycles. The number of hydrogen-bond acceptors (Lipinski definition) is 4. The molecule has 108 valence electrons. The minimum absolute atomic E-state index is 0.0696. The average Bonchev–Trinajstić information content (AvgIpc) is 2.74. The molecule has 2 amide bonds. The number of hydrogen-bond donors (Lipinski definition) is 2. The van der Waals surface area contributed by atoms with Crippen LogP contribution in [0.4, 0.5) is 5.69 Å². The molecule has 0 spiro atoms. The third kappa shape index (κ3) is 3.34. The van der Waals surface area contributed by atoms with Crippen LogP contribution in [0.2, 0.25) is 0 Å². The Hall–Kier alpha value is -1.93. The molecule has 2 rings (SSSR count). The van der Waals surface area contributed by atoms with Crippen LogP contribution < -0.4 is 10.5 Å². The number of nitrogens with zero attached hydrogens (tertiary/aromatic N) is 1. The van der Waals surface area contributed by atoms with Crippen LogP contribution >= 0.6 is 0 Å². The number of para-hydroxylation sites is 1. The highest BCUT2D eigenvalue weighted by atomic mass is 32.2. The molecule has 7 nitrogen and oxygen atoms in total. The molecule has 1 aliphatic rings. The van der Waals surface area contributed by atoms with Crippen molar-refractivity contribution in [2.24, 2.45) is 5.14 Å². The second kappa shape index (κ2) is 5.59. The fourth-order valence-electron chi connectivity index (χ4n) is 2.05. The van der Waals surface area contributed by atoms with Gasteiger partial charge in [0.25, 0.3) is 0 Å². The SMILES string of the molecule is NS(=O)(=O)c1ccccc1NC(=O)CN1CCCC1=O. The van der Waals surface area contributed by atoms with Crippen LogP contribution in [-0.4, -0.2) is 38.2 Å². The normalized spacial score (nSPS) is 15.4. The number of benzene rings is 1. The number of carbonyl (C=O) groups is 2. The van der Waals surface area contributed by atoms with Gasteiger partial charge in [0.2, 0.25) is 21.8 Å². The van der Waals surface area contributed by atoms with Gasteiger partial charge in [-0.3, -0.25) is 9.59 Å². The summed E-state index contributed by atoms with van der Waals surface area (Å²) in [5.41, 5.74) is 0.117. The fourth-order valence-corrected chi connectivity index (χ4v) is 2.75. The van der Waals surface area contributed by atoms with Crippen LogP contribution in [0.25, 0.3) is 0 Å². The van der Waals surface area contributed by atoms with Crippen LogP contribution in [0.5, 0.6) is 0 Å². The Labute approximate surface area is 116 Å². The molecule has 1 aliphatic heterocycles. The van der Waals surface area contributed by atoms with E-state index in [4.69, 9.17) is 5.14 Å². The fraction of sp³-hybridized carbons (Fsp3) is 0.333. The first-order valence-electron chi connectivity index (χ1n) is 6.07. The molecule has 1 saturated heterocycles. The van der Waals surface area contributed by atoms with Crippen molar-refractivity contribution in [3.63, 3.8) is 0 Å². The maximum atomic E-state index is 11.9. The number of rotatable bonds is 4. The predicted molar refractivity (Wildman–Crippen MR) is 72.3 cm³/mol. The van der Waals surface area contributed by atoms with E-state index in [1.54, 1.807) is 6.07 Å². The first-order chi connectivity index (χ1) is 9.38. The molecule has 0 saturated carbocycles. The quantitative estimate of drug-likeness (QED) is 0.808. The molecule has 8 heteroatoms. The highest BCUT2D eigenvalue weighted by molar-refractivity contribution is 7.89. The lowest BCUT2D eigenvalue weighted by atomic mass is 10.3. The van der Waals surface area contributed by atoms with E-state index in [1.165, 1.54) is 23.1 Å². The largest absolute Gasteiger partial charge is 0.333 e. The predicted octanol–water partition coefficient (Wildman–Crippen LogP) is -0.105. The number of nitrogens with two attached hydrogens (primary N) is 1. The number of primary sulfonamides is 1. The lowest BCUT2D eigenvalue weighted by Gasteiger charge is -2.15. The van der Waals surface area contributed by atoms with Crippen molar-refractivity contribution in [2.45, 2.75) is 17.7 Å². The number of nitrogens with one attached hydrogen (secondary N) is 1. The topological polar surface area (TPSA) is 110 Å². The van der Waals surface area contributed by atoms with Crippen LogP contribution in [0.3, 0.4) is 0 Å². The van der Waals surface area contributed by atoms with Crippen LogP contribution in [0, 0.1) is 0 Å². The molecule has 0 radical (unpaired) electrons.